The van der Waals surface area contributed by atoms with E-state index in [1.165, 1.54) is 11.1 Å². The third-order valence-corrected chi connectivity index (χ3v) is 3.89. The van der Waals surface area contributed by atoms with Gasteiger partial charge in [-0.2, -0.15) is 4.98 Å². The van der Waals surface area contributed by atoms with Gasteiger partial charge < -0.3 is 10.2 Å². The second-order valence-corrected chi connectivity index (χ2v) is 5.73. The largest absolute Gasteiger partial charge is 0.357 e. The van der Waals surface area contributed by atoms with Gasteiger partial charge in [-0.25, -0.2) is 4.98 Å². The number of anilines is 3. The molecule has 118 valence electrons. The Morgan fingerprint density at radius 2 is 1.86 bits per heavy atom. The lowest BCUT2D eigenvalue weighted by Crippen LogP contribution is -2.23. The molecule has 0 aliphatic carbocycles. The lowest BCUT2D eigenvalue weighted by atomic mass is 9.98. The molecule has 2 rings (SSSR count). The maximum atomic E-state index is 4.66. The van der Waals surface area contributed by atoms with E-state index < -0.39 is 0 Å². The molecule has 1 aromatic heterocycles. The van der Waals surface area contributed by atoms with Crippen LogP contribution in [0.4, 0.5) is 17.5 Å². The lowest BCUT2D eigenvalue weighted by Gasteiger charge is -2.21. The lowest BCUT2D eigenvalue weighted by molar-refractivity contribution is 0.842. The monoisotopic (exact) mass is 298 g/mol. The van der Waals surface area contributed by atoms with Crippen molar-refractivity contribution in [2.45, 2.75) is 40.5 Å². The van der Waals surface area contributed by atoms with Crippen molar-refractivity contribution >= 4 is 17.5 Å². The minimum Gasteiger partial charge on any atom is -0.357 e. The van der Waals surface area contributed by atoms with Crippen LogP contribution in [0, 0.1) is 6.92 Å². The van der Waals surface area contributed by atoms with E-state index in [4.69, 9.17) is 0 Å². The highest BCUT2D eigenvalue weighted by Gasteiger charge is 2.11. The molecule has 4 nitrogen and oxygen atoms in total. The van der Waals surface area contributed by atoms with E-state index in [1.807, 2.05) is 12.3 Å². The van der Waals surface area contributed by atoms with Crippen molar-refractivity contribution in [1.29, 1.82) is 0 Å². The fourth-order valence-electron chi connectivity index (χ4n) is 2.59. The van der Waals surface area contributed by atoms with E-state index in [9.17, 15) is 0 Å². The van der Waals surface area contributed by atoms with Gasteiger partial charge in [-0.1, -0.05) is 32.0 Å². The van der Waals surface area contributed by atoms with Crippen molar-refractivity contribution in [2.24, 2.45) is 0 Å². The van der Waals surface area contributed by atoms with E-state index >= 15 is 0 Å². The summed E-state index contributed by atoms with van der Waals surface area (Å²) in [6.07, 6.45) is 1.82. The molecule has 1 N–H and O–H groups in total. The van der Waals surface area contributed by atoms with Gasteiger partial charge in [-0.3, -0.25) is 0 Å². The van der Waals surface area contributed by atoms with Crippen molar-refractivity contribution < 1.29 is 0 Å². The summed E-state index contributed by atoms with van der Waals surface area (Å²) in [4.78, 5) is 11.2. The number of benzene rings is 1. The van der Waals surface area contributed by atoms with Crippen LogP contribution in [-0.4, -0.2) is 23.1 Å². The van der Waals surface area contributed by atoms with Gasteiger partial charge in [0.1, 0.15) is 5.82 Å². The molecular weight excluding hydrogens is 272 g/mol. The highest BCUT2D eigenvalue weighted by Crippen LogP contribution is 2.29. The maximum Gasteiger partial charge on any atom is 0.229 e. The number of hydrogen-bond acceptors (Lipinski definition) is 4. The molecule has 0 unspecified atom stereocenters. The van der Waals surface area contributed by atoms with Gasteiger partial charge in [0.2, 0.25) is 5.95 Å². The van der Waals surface area contributed by atoms with Gasteiger partial charge in [0.15, 0.2) is 0 Å². The molecule has 0 bridgehead atoms. The van der Waals surface area contributed by atoms with E-state index in [0.717, 1.165) is 24.6 Å². The summed E-state index contributed by atoms with van der Waals surface area (Å²) in [5.41, 5.74) is 3.62. The first-order valence-corrected chi connectivity index (χ1v) is 8.01. The highest BCUT2D eigenvalue weighted by molar-refractivity contribution is 5.64. The summed E-state index contributed by atoms with van der Waals surface area (Å²) in [5, 5.41) is 3.42. The second-order valence-electron chi connectivity index (χ2n) is 5.73. The molecule has 0 aliphatic heterocycles. The number of rotatable bonds is 6. The summed E-state index contributed by atoms with van der Waals surface area (Å²) in [5.74, 6) is 2.07. The number of nitrogens with one attached hydrogen (secondary N) is 1. The minimum atomic E-state index is 0.452. The molecule has 0 saturated carbocycles. The van der Waals surface area contributed by atoms with Gasteiger partial charge in [0.05, 0.1) is 0 Å². The Morgan fingerprint density at radius 3 is 2.50 bits per heavy atom. The number of aryl methyl sites for hydroxylation is 1. The number of nitrogens with zero attached hydrogens (tertiary/aromatic N) is 3. The quantitative estimate of drug-likeness (QED) is 0.852. The number of hydrogen-bond donors (Lipinski definition) is 1. The smallest absolute Gasteiger partial charge is 0.229 e. The first-order valence-electron chi connectivity index (χ1n) is 8.01. The number of para-hydroxylation sites is 1. The van der Waals surface area contributed by atoms with Crippen molar-refractivity contribution in [3.8, 4) is 0 Å². The van der Waals surface area contributed by atoms with Gasteiger partial charge in [-0.15, -0.1) is 0 Å². The average Bonchev–Trinajstić information content (AvgIpc) is 2.51. The minimum absolute atomic E-state index is 0.452. The summed E-state index contributed by atoms with van der Waals surface area (Å²) in [6, 6.07) is 8.33. The Kier molecular flexibility index (Phi) is 5.36. The normalized spacial score (nSPS) is 10.8. The summed E-state index contributed by atoms with van der Waals surface area (Å²) in [6.45, 7) is 12.7. The first kappa shape index (κ1) is 16.3. The predicted octanol–water partition coefficient (Wildman–Crippen LogP) is 4.50. The topological polar surface area (TPSA) is 41.1 Å². The van der Waals surface area contributed by atoms with E-state index in [2.05, 4.69) is 73.0 Å². The van der Waals surface area contributed by atoms with Crippen LogP contribution in [0.3, 0.4) is 0 Å². The van der Waals surface area contributed by atoms with E-state index in [0.29, 0.717) is 11.9 Å². The molecule has 0 amide bonds. The standard InChI is InChI=1S/C18H26N4/c1-6-22(7-2)16-11-12-19-18(20-16)21-17-14(5)9-8-10-15(17)13(3)4/h8-13H,6-7H2,1-5H3,(H,19,20,21). The Bertz CT molecular complexity index is 618. The third kappa shape index (κ3) is 3.56. The first-order chi connectivity index (χ1) is 10.6. The Labute approximate surface area is 133 Å². The van der Waals surface area contributed by atoms with E-state index in [1.54, 1.807) is 0 Å². The molecule has 1 aromatic carbocycles. The zero-order valence-electron chi connectivity index (χ0n) is 14.2. The van der Waals surface area contributed by atoms with Gasteiger partial charge in [-0.05, 0) is 43.9 Å². The summed E-state index contributed by atoms with van der Waals surface area (Å²) in [7, 11) is 0. The molecule has 2 aromatic rings. The molecule has 22 heavy (non-hydrogen) atoms. The Morgan fingerprint density at radius 1 is 1.14 bits per heavy atom. The highest BCUT2D eigenvalue weighted by atomic mass is 15.2. The predicted molar refractivity (Wildman–Crippen MR) is 94.1 cm³/mol. The molecular formula is C18H26N4. The average molecular weight is 298 g/mol. The molecule has 0 radical (unpaired) electrons. The summed E-state index contributed by atoms with van der Waals surface area (Å²) >= 11 is 0. The van der Waals surface area contributed by atoms with E-state index in [-0.39, 0.29) is 0 Å². The zero-order chi connectivity index (χ0) is 16.1. The van der Waals surface area contributed by atoms with Crippen molar-refractivity contribution in [3.63, 3.8) is 0 Å². The Balaban J connectivity index is 2.34. The van der Waals surface area contributed by atoms with Crippen molar-refractivity contribution in [3.05, 3.63) is 41.6 Å². The molecule has 4 heteroatoms. The molecule has 0 aliphatic rings. The fourth-order valence-corrected chi connectivity index (χ4v) is 2.59. The molecule has 1 heterocycles. The fraction of sp³-hybridized carbons (Fsp3) is 0.444. The van der Waals surface area contributed by atoms with Crippen LogP contribution >= 0.6 is 0 Å². The summed E-state index contributed by atoms with van der Waals surface area (Å²) < 4.78 is 0. The van der Waals surface area contributed by atoms with Gasteiger partial charge in [0.25, 0.3) is 0 Å². The second kappa shape index (κ2) is 7.25. The number of aromatic nitrogens is 2. The third-order valence-electron chi connectivity index (χ3n) is 3.89. The van der Waals surface area contributed by atoms with Gasteiger partial charge >= 0.3 is 0 Å². The Hall–Kier alpha value is -2.10. The van der Waals surface area contributed by atoms with Crippen LogP contribution in [0.25, 0.3) is 0 Å². The van der Waals surface area contributed by atoms with Crippen LogP contribution in [0.15, 0.2) is 30.5 Å². The van der Waals surface area contributed by atoms with Crippen LogP contribution in [0.2, 0.25) is 0 Å². The molecule has 0 spiro atoms. The molecule has 0 fully saturated rings. The van der Waals surface area contributed by atoms with Gasteiger partial charge in [0, 0.05) is 25.0 Å². The SMILES string of the molecule is CCN(CC)c1ccnc(Nc2c(C)cccc2C(C)C)n1. The van der Waals surface area contributed by atoms with Crippen LogP contribution < -0.4 is 10.2 Å². The molecule has 0 atom stereocenters. The van der Waals surface area contributed by atoms with Crippen molar-refractivity contribution in [1.82, 2.24) is 9.97 Å². The molecule has 0 saturated heterocycles. The van der Waals surface area contributed by atoms with Crippen LogP contribution in [0.1, 0.15) is 44.7 Å². The maximum absolute atomic E-state index is 4.66. The zero-order valence-corrected chi connectivity index (χ0v) is 14.2. The van der Waals surface area contributed by atoms with Crippen LogP contribution in [-0.2, 0) is 0 Å². The van der Waals surface area contributed by atoms with Crippen molar-refractivity contribution in [2.75, 3.05) is 23.3 Å². The van der Waals surface area contributed by atoms with Crippen LogP contribution in [0.5, 0.6) is 0 Å².